The molecule has 1 aromatic heterocycles. The first-order valence-corrected chi connectivity index (χ1v) is 8.93. The second-order valence-corrected chi connectivity index (χ2v) is 6.39. The molecule has 1 N–H and O–H groups in total. The van der Waals surface area contributed by atoms with Gasteiger partial charge in [-0.15, -0.1) is 0 Å². The average Bonchev–Trinajstić information content (AvgIpc) is 3.26. The van der Waals surface area contributed by atoms with Crippen molar-refractivity contribution in [2.24, 2.45) is 0 Å². The quantitative estimate of drug-likeness (QED) is 0.524. The lowest BCUT2D eigenvalue weighted by atomic mass is 10.2. The number of carbonyl (C=O) groups excluding carboxylic acids is 1. The molecule has 0 bridgehead atoms. The van der Waals surface area contributed by atoms with Gasteiger partial charge < -0.3 is 10.1 Å². The Bertz CT molecular complexity index is 1050. The van der Waals surface area contributed by atoms with Gasteiger partial charge >= 0.3 is 0 Å². The van der Waals surface area contributed by atoms with E-state index in [1.165, 1.54) is 5.56 Å². The first kappa shape index (κ1) is 17.5. The Kier molecular flexibility index (Phi) is 4.89. The largest absolute Gasteiger partial charge is 0.457 e. The van der Waals surface area contributed by atoms with Crippen molar-refractivity contribution in [3.8, 4) is 17.2 Å². The molecular weight excluding hydrogens is 350 g/mol. The summed E-state index contributed by atoms with van der Waals surface area (Å²) in [5.41, 5.74) is 3.37. The van der Waals surface area contributed by atoms with Gasteiger partial charge in [0.05, 0.1) is 5.69 Å². The van der Waals surface area contributed by atoms with Gasteiger partial charge in [-0.25, -0.2) is 4.68 Å². The van der Waals surface area contributed by atoms with Crippen molar-refractivity contribution < 1.29 is 9.53 Å². The number of rotatable bonds is 5. The maximum atomic E-state index is 12.5. The Morgan fingerprint density at radius 3 is 2.14 bits per heavy atom. The number of nitrogens with one attached hydrogen (secondary N) is 1. The molecular formula is C23H19N3O2. The first-order chi connectivity index (χ1) is 13.7. The third-order valence-electron chi connectivity index (χ3n) is 4.27. The summed E-state index contributed by atoms with van der Waals surface area (Å²) in [5.74, 6) is 1.32. The molecule has 0 spiro atoms. The minimum atomic E-state index is -0.167. The lowest BCUT2D eigenvalue weighted by molar-refractivity contribution is 0.102. The second-order valence-electron chi connectivity index (χ2n) is 6.39. The van der Waals surface area contributed by atoms with E-state index in [-0.39, 0.29) is 5.91 Å². The van der Waals surface area contributed by atoms with E-state index in [1.807, 2.05) is 79.9 Å². The van der Waals surface area contributed by atoms with E-state index in [2.05, 4.69) is 10.4 Å². The van der Waals surface area contributed by atoms with Crippen molar-refractivity contribution >= 4 is 11.6 Å². The molecule has 5 nitrogen and oxygen atoms in total. The van der Waals surface area contributed by atoms with Crippen molar-refractivity contribution in [1.29, 1.82) is 0 Å². The highest BCUT2D eigenvalue weighted by Gasteiger charge is 2.07. The first-order valence-electron chi connectivity index (χ1n) is 8.93. The highest BCUT2D eigenvalue weighted by molar-refractivity contribution is 6.04. The van der Waals surface area contributed by atoms with Gasteiger partial charge in [0.25, 0.3) is 5.91 Å². The van der Waals surface area contributed by atoms with Crippen LogP contribution in [-0.2, 0) is 0 Å². The molecule has 0 radical (unpaired) electrons. The monoisotopic (exact) mass is 369 g/mol. The van der Waals surface area contributed by atoms with Crippen LogP contribution in [0.5, 0.6) is 11.5 Å². The number of nitrogens with zero attached hydrogens (tertiary/aromatic N) is 2. The van der Waals surface area contributed by atoms with E-state index in [9.17, 15) is 4.79 Å². The van der Waals surface area contributed by atoms with Crippen LogP contribution in [0.25, 0.3) is 5.69 Å². The standard InChI is InChI=1S/C23H19N3O2/c1-17-3-11-21(12-4-17)28-22-13-7-19(8-14-22)25-23(27)18-5-9-20(10-6-18)26-16-2-15-24-26/h2-16H,1H3,(H,25,27). The van der Waals surface area contributed by atoms with Crippen molar-refractivity contribution in [2.45, 2.75) is 6.92 Å². The maximum Gasteiger partial charge on any atom is 0.255 e. The van der Waals surface area contributed by atoms with Gasteiger partial charge in [-0.1, -0.05) is 17.7 Å². The van der Waals surface area contributed by atoms with E-state index < -0.39 is 0 Å². The average molecular weight is 369 g/mol. The van der Waals surface area contributed by atoms with E-state index in [1.54, 1.807) is 23.0 Å². The normalized spacial score (nSPS) is 10.5. The molecule has 138 valence electrons. The number of hydrogen-bond acceptors (Lipinski definition) is 3. The molecule has 1 amide bonds. The van der Waals surface area contributed by atoms with E-state index >= 15 is 0 Å². The number of carbonyl (C=O) groups is 1. The minimum Gasteiger partial charge on any atom is -0.457 e. The van der Waals surface area contributed by atoms with E-state index in [0.717, 1.165) is 11.4 Å². The van der Waals surface area contributed by atoms with Crippen LogP contribution in [0, 0.1) is 6.92 Å². The molecule has 0 aliphatic rings. The summed E-state index contributed by atoms with van der Waals surface area (Å²) in [6.07, 6.45) is 3.57. The van der Waals surface area contributed by atoms with Crippen LogP contribution >= 0.6 is 0 Å². The van der Waals surface area contributed by atoms with Crippen LogP contribution in [0.4, 0.5) is 5.69 Å². The van der Waals surface area contributed by atoms with Crippen LogP contribution in [0.2, 0.25) is 0 Å². The topological polar surface area (TPSA) is 56.1 Å². The lowest BCUT2D eigenvalue weighted by Crippen LogP contribution is -2.11. The zero-order valence-electron chi connectivity index (χ0n) is 15.4. The number of aryl methyl sites for hydroxylation is 1. The van der Waals surface area contributed by atoms with Crippen LogP contribution in [0.1, 0.15) is 15.9 Å². The Balaban J connectivity index is 1.39. The zero-order chi connectivity index (χ0) is 19.3. The summed E-state index contributed by atoms with van der Waals surface area (Å²) >= 11 is 0. The molecule has 28 heavy (non-hydrogen) atoms. The number of anilines is 1. The Hall–Kier alpha value is -3.86. The van der Waals surface area contributed by atoms with Gasteiger partial charge in [-0.05, 0) is 73.7 Å². The maximum absolute atomic E-state index is 12.5. The molecule has 4 rings (SSSR count). The Morgan fingerprint density at radius 2 is 1.54 bits per heavy atom. The fourth-order valence-electron chi connectivity index (χ4n) is 2.74. The highest BCUT2D eigenvalue weighted by atomic mass is 16.5. The minimum absolute atomic E-state index is 0.167. The van der Waals surface area contributed by atoms with Crippen molar-refractivity contribution in [1.82, 2.24) is 9.78 Å². The molecule has 4 aromatic rings. The highest BCUT2D eigenvalue weighted by Crippen LogP contribution is 2.23. The molecule has 0 unspecified atom stereocenters. The van der Waals surface area contributed by atoms with Crippen molar-refractivity contribution in [3.63, 3.8) is 0 Å². The van der Waals surface area contributed by atoms with Crippen LogP contribution < -0.4 is 10.1 Å². The molecule has 1 heterocycles. The third kappa shape index (κ3) is 4.10. The van der Waals surface area contributed by atoms with Gasteiger partial charge in [0.15, 0.2) is 0 Å². The van der Waals surface area contributed by atoms with Gasteiger partial charge in [-0.2, -0.15) is 5.10 Å². The third-order valence-corrected chi connectivity index (χ3v) is 4.27. The summed E-state index contributed by atoms with van der Waals surface area (Å²) in [4.78, 5) is 12.5. The number of aromatic nitrogens is 2. The van der Waals surface area contributed by atoms with E-state index in [4.69, 9.17) is 4.74 Å². The summed E-state index contributed by atoms with van der Waals surface area (Å²) < 4.78 is 7.55. The molecule has 0 saturated heterocycles. The summed E-state index contributed by atoms with van der Waals surface area (Å²) in [5, 5.41) is 7.07. The molecule has 0 fully saturated rings. The zero-order valence-corrected chi connectivity index (χ0v) is 15.4. The number of benzene rings is 3. The number of hydrogen-bond donors (Lipinski definition) is 1. The van der Waals surface area contributed by atoms with Crippen LogP contribution in [0.3, 0.4) is 0 Å². The lowest BCUT2D eigenvalue weighted by Gasteiger charge is -2.09. The number of amides is 1. The number of ether oxygens (including phenoxy) is 1. The SMILES string of the molecule is Cc1ccc(Oc2ccc(NC(=O)c3ccc(-n4cccn4)cc3)cc2)cc1. The predicted molar refractivity (Wildman–Crippen MR) is 109 cm³/mol. The molecule has 3 aromatic carbocycles. The van der Waals surface area contributed by atoms with Gasteiger partial charge in [0.2, 0.25) is 0 Å². The molecule has 0 saturated carbocycles. The smallest absolute Gasteiger partial charge is 0.255 e. The molecule has 0 atom stereocenters. The van der Waals surface area contributed by atoms with Crippen molar-refractivity contribution in [3.05, 3.63) is 102 Å². The second kappa shape index (κ2) is 7.80. The summed E-state index contributed by atoms with van der Waals surface area (Å²) in [6.45, 7) is 2.03. The predicted octanol–water partition coefficient (Wildman–Crippen LogP) is 5.23. The van der Waals surface area contributed by atoms with Gasteiger partial charge in [-0.3, -0.25) is 4.79 Å². The summed E-state index contributed by atoms with van der Waals surface area (Å²) in [6, 6.07) is 24.3. The fourth-order valence-corrected chi connectivity index (χ4v) is 2.74. The molecule has 0 aliphatic carbocycles. The summed E-state index contributed by atoms with van der Waals surface area (Å²) in [7, 11) is 0. The van der Waals surface area contributed by atoms with Gasteiger partial charge in [0, 0.05) is 23.6 Å². The van der Waals surface area contributed by atoms with Crippen molar-refractivity contribution in [2.75, 3.05) is 5.32 Å². The Labute approximate surface area is 163 Å². The van der Waals surface area contributed by atoms with E-state index in [0.29, 0.717) is 17.0 Å². The fraction of sp³-hybridized carbons (Fsp3) is 0.0435. The Morgan fingerprint density at radius 1 is 0.893 bits per heavy atom. The van der Waals surface area contributed by atoms with Crippen LogP contribution in [-0.4, -0.2) is 15.7 Å². The van der Waals surface area contributed by atoms with Crippen LogP contribution in [0.15, 0.2) is 91.3 Å². The van der Waals surface area contributed by atoms with Gasteiger partial charge in [0.1, 0.15) is 11.5 Å². The molecule has 5 heteroatoms. The molecule has 0 aliphatic heterocycles.